The maximum atomic E-state index is 12.0. The van der Waals surface area contributed by atoms with Gasteiger partial charge in [-0.3, -0.25) is 9.69 Å². The van der Waals surface area contributed by atoms with Crippen LogP contribution in [0.2, 0.25) is 0 Å². The molecule has 3 amide bonds. The van der Waals surface area contributed by atoms with Crippen LogP contribution in [0, 0.1) is 5.92 Å². The summed E-state index contributed by atoms with van der Waals surface area (Å²) in [6, 6.07) is 6.12. The van der Waals surface area contributed by atoms with E-state index in [0.717, 1.165) is 4.90 Å². The van der Waals surface area contributed by atoms with Gasteiger partial charge in [0.1, 0.15) is 5.75 Å². The lowest BCUT2D eigenvalue weighted by molar-refractivity contribution is -0.130. The van der Waals surface area contributed by atoms with Crippen molar-refractivity contribution in [3.05, 3.63) is 29.8 Å². The van der Waals surface area contributed by atoms with Gasteiger partial charge in [-0.15, -0.1) is 0 Å². The molecule has 0 bridgehead atoms. The normalized spacial score (nSPS) is 13.9. The van der Waals surface area contributed by atoms with Crippen LogP contribution < -0.4 is 10.1 Å². The third-order valence-electron chi connectivity index (χ3n) is 3.14. The predicted molar refractivity (Wildman–Crippen MR) is 82.2 cm³/mol. The average Bonchev–Trinajstić information content (AvgIpc) is 2.96. The summed E-state index contributed by atoms with van der Waals surface area (Å²) in [7, 11) is 0. The Kier molecular flexibility index (Phi) is 5.56. The number of imide groups is 1. The molecule has 1 N–H and O–H groups in total. The first-order valence-corrected chi connectivity index (χ1v) is 7.45. The van der Waals surface area contributed by atoms with E-state index in [1.807, 2.05) is 13.8 Å². The molecule has 2 rings (SSSR count). The predicted octanol–water partition coefficient (Wildman–Crippen LogP) is 1.43. The number of urea groups is 1. The number of nitrogens with one attached hydrogen (secondary N) is 1. The molecule has 1 aromatic carbocycles. The summed E-state index contributed by atoms with van der Waals surface area (Å²) in [5.74, 6) is -0.234. The van der Waals surface area contributed by atoms with Crippen molar-refractivity contribution in [2.45, 2.75) is 13.8 Å². The summed E-state index contributed by atoms with van der Waals surface area (Å²) < 4.78 is 10.5. The van der Waals surface area contributed by atoms with Crippen LogP contribution in [0.3, 0.4) is 0 Å². The number of carbonyl (C=O) groups excluding carboxylic acids is 3. The number of amides is 3. The standard InChI is InChI=1S/C16H20N2O5/c1-11(2)9-22-13-5-3-4-12(8-13)15(20)23-10-14(19)18-7-6-17-16(18)21/h3-5,8,11H,6-7,9-10H2,1-2H3,(H,17,21). The van der Waals surface area contributed by atoms with Crippen molar-refractivity contribution in [3.63, 3.8) is 0 Å². The van der Waals surface area contributed by atoms with E-state index >= 15 is 0 Å². The van der Waals surface area contributed by atoms with Gasteiger partial charge in [0.15, 0.2) is 6.61 Å². The number of ether oxygens (including phenoxy) is 2. The van der Waals surface area contributed by atoms with E-state index in [-0.39, 0.29) is 6.54 Å². The van der Waals surface area contributed by atoms with E-state index < -0.39 is 24.5 Å². The molecule has 1 fully saturated rings. The number of carbonyl (C=O) groups is 3. The van der Waals surface area contributed by atoms with Crippen LogP contribution in [0.15, 0.2) is 24.3 Å². The molecule has 0 aliphatic carbocycles. The fourth-order valence-corrected chi connectivity index (χ4v) is 1.97. The molecule has 0 unspecified atom stereocenters. The van der Waals surface area contributed by atoms with Crippen molar-refractivity contribution in [1.29, 1.82) is 0 Å². The number of hydrogen-bond acceptors (Lipinski definition) is 5. The smallest absolute Gasteiger partial charge is 0.338 e. The van der Waals surface area contributed by atoms with E-state index in [1.165, 1.54) is 0 Å². The molecule has 0 aromatic heterocycles. The van der Waals surface area contributed by atoms with E-state index in [2.05, 4.69) is 5.32 Å². The zero-order valence-corrected chi connectivity index (χ0v) is 13.2. The Bertz CT molecular complexity index is 600. The Balaban J connectivity index is 1.89. The van der Waals surface area contributed by atoms with Crippen LogP contribution in [0.1, 0.15) is 24.2 Å². The second kappa shape index (κ2) is 7.62. The van der Waals surface area contributed by atoms with Crippen LogP contribution >= 0.6 is 0 Å². The molecule has 23 heavy (non-hydrogen) atoms. The molecule has 1 saturated heterocycles. The number of nitrogens with zero attached hydrogens (tertiary/aromatic N) is 1. The van der Waals surface area contributed by atoms with Gasteiger partial charge in [0.05, 0.1) is 12.2 Å². The molecule has 0 saturated carbocycles. The van der Waals surface area contributed by atoms with Crippen molar-refractivity contribution < 1.29 is 23.9 Å². The minimum Gasteiger partial charge on any atom is -0.493 e. The first kappa shape index (κ1) is 16.8. The second-order valence-corrected chi connectivity index (χ2v) is 5.59. The molecule has 0 radical (unpaired) electrons. The van der Waals surface area contributed by atoms with Gasteiger partial charge < -0.3 is 14.8 Å². The zero-order valence-electron chi connectivity index (χ0n) is 13.2. The van der Waals surface area contributed by atoms with E-state index in [9.17, 15) is 14.4 Å². The summed E-state index contributed by atoms with van der Waals surface area (Å²) in [4.78, 5) is 36.1. The van der Waals surface area contributed by atoms with Crippen LogP contribution in [-0.4, -0.2) is 49.1 Å². The van der Waals surface area contributed by atoms with Crippen LogP contribution in [0.25, 0.3) is 0 Å². The molecule has 7 heteroatoms. The molecule has 7 nitrogen and oxygen atoms in total. The zero-order chi connectivity index (χ0) is 16.8. The number of esters is 1. The first-order valence-electron chi connectivity index (χ1n) is 7.45. The van der Waals surface area contributed by atoms with Crippen molar-refractivity contribution in [1.82, 2.24) is 10.2 Å². The van der Waals surface area contributed by atoms with Gasteiger partial charge in [0.2, 0.25) is 0 Å². The van der Waals surface area contributed by atoms with Crippen LogP contribution in [0.4, 0.5) is 4.79 Å². The molecule has 0 atom stereocenters. The Morgan fingerprint density at radius 2 is 2.13 bits per heavy atom. The van der Waals surface area contributed by atoms with Gasteiger partial charge in [-0.2, -0.15) is 0 Å². The number of benzene rings is 1. The fourth-order valence-electron chi connectivity index (χ4n) is 1.97. The Morgan fingerprint density at radius 3 is 2.78 bits per heavy atom. The highest BCUT2D eigenvalue weighted by Crippen LogP contribution is 2.15. The molecular weight excluding hydrogens is 300 g/mol. The highest BCUT2D eigenvalue weighted by molar-refractivity contribution is 5.98. The maximum absolute atomic E-state index is 12.0. The number of rotatable bonds is 6. The lowest BCUT2D eigenvalue weighted by atomic mass is 10.2. The van der Waals surface area contributed by atoms with Gasteiger partial charge >= 0.3 is 12.0 Å². The number of hydrogen-bond donors (Lipinski definition) is 1. The second-order valence-electron chi connectivity index (χ2n) is 5.59. The van der Waals surface area contributed by atoms with E-state index in [1.54, 1.807) is 24.3 Å². The van der Waals surface area contributed by atoms with Gasteiger partial charge in [-0.1, -0.05) is 19.9 Å². The monoisotopic (exact) mass is 320 g/mol. The SMILES string of the molecule is CC(C)COc1cccc(C(=O)OCC(=O)N2CCNC2=O)c1. The van der Waals surface area contributed by atoms with Gasteiger partial charge in [-0.05, 0) is 24.1 Å². The first-order chi connectivity index (χ1) is 11.0. The van der Waals surface area contributed by atoms with Crippen molar-refractivity contribution in [3.8, 4) is 5.75 Å². The van der Waals surface area contributed by atoms with E-state index in [4.69, 9.17) is 9.47 Å². The summed E-state index contributed by atoms with van der Waals surface area (Å²) in [5.41, 5.74) is 0.296. The highest BCUT2D eigenvalue weighted by atomic mass is 16.5. The Labute approximate surface area is 134 Å². The van der Waals surface area contributed by atoms with Gasteiger partial charge in [-0.25, -0.2) is 9.59 Å². The molecular formula is C16H20N2O5. The quantitative estimate of drug-likeness (QED) is 0.802. The Hall–Kier alpha value is -2.57. The average molecular weight is 320 g/mol. The minimum absolute atomic E-state index is 0.285. The van der Waals surface area contributed by atoms with Crippen molar-refractivity contribution >= 4 is 17.9 Å². The molecule has 124 valence electrons. The molecule has 1 aliphatic rings. The fraction of sp³-hybridized carbons (Fsp3) is 0.438. The third-order valence-corrected chi connectivity index (χ3v) is 3.14. The van der Waals surface area contributed by atoms with Crippen LogP contribution in [0.5, 0.6) is 5.75 Å². The summed E-state index contributed by atoms with van der Waals surface area (Å²) in [5, 5.41) is 2.51. The van der Waals surface area contributed by atoms with Crippen LogP contribution in [-0.2, 0) is 9.53 Å². The third kappa shape index (κ3) is 4.70. The van der Waals surface area contributed by atoms with Crippen molar-refractivity contribution in [2.75, 3.05) is 26.3 Å². The minimum atomic E-state index is -0.632. The summed E-state index contributed by atoms with van der Waals surface area (Å²) >= 11 is 0. The topological polar surface area (TPSA) is 84.9 Å². The van der Waals surface area contributed by atoms with E-state index in [0.29, 0.717) is 30.4 Å². The molecule has 1 aliphatic heterocycles. The summed E-state index contributed by atoms with van der Waals surface area (Å²) in [6.45, 7) is 4.82. The largest absolute Gasteiger partial charge is 0.493 e. The van der Waals surface area contributed by atoms with Gasteiger partial charge in [0, 0.05) is 13.1 Å². The molecule has 1 aromatic rings. The summed E-state index contributed by atoms with van der Waals surface area (Å²) in [6.07, 6.45) is 0. The van der Waals surface area contributed by atoms with Gasteiger partial charge in [0.25, 0.3) is 5.91 Å². The lowest BCUT2D eigenvalue weighted by Crippen LogP contribution is -2.37. The lowest BCUT2D eigenvalue weighted by Gasteiger charge is -2.12. The van der Waals surface area contributed by atoms with Crippen molar-refractivity contribution in [2.24, 2.45) is 5.92 Å². The molecule has 1 heterocycles. The maximum Gasteiger partial charge on any atom is 0.338 e. The molecule has 0 spiro atoms. The Morgan fingerprint density at radius 1 is 1.35 bits per heavy atom. The highest BCUT2D eigenvalue weighted by Gasteiger charge is 2.26.